The van der Waals surface area contributed by atoms with Crippen LogP contribution in [0.5, 0.6) is 0 Å². The Morgan fingerprint density at radius 2 is 1.79 bits per heavy atom. The van der Waals surface area contributed by atoms with Crippen LogP contribution in [0.3, 0.4) is 0 Å². The molecule has 174 valence electrons. The van der Waals surface area contributed by atoms with Gasteiger partial charge in [0.2, 0.25) is 10.0 Å². The zero-order chi connectivity index (χ0) is 23.7. The number of anilines is 1. The van der Waals surface area contributed by atoms with Crippen LogP contribution >= 0.6 is 11.6 Å². The van der Waals surface area contributed by atoms with E-state index in [1.54, 1.807) is 12.1 Å². The fraction of sp³-hybridized carbons (Fsp3) is 0.200. The Morgan fingerprint density at radius 1 is 1.03 bits per heavy atom. The van der Waals surface area contributed by atoms with Gasteiger partial charge in [-0.3, -0.25) is 9.10 Å². The number of carbonyl (C=O) groups is 1. The second kappa shape index (κ2) is 9.12. The molecular formula is C25H23ClN4O3S. The molecule has 2 N–H and O–H groups in total. The van der Waals surface area contributed by atoms with Gasteiger partial charge >= 0.3 is 0 Å². The highest BCUT2D eigenvalue weighted by molar-refractivity contribution is 7.92. The molecule has 3 aromatic carbocycles. The molecule has 1 saturated heterocycles. The summed E-state index contributed by atoms with van der Waals surface area (Å²) < 4.78 is 26.2. The third-order valence-corrected chi connectivity index (χ3v) is 8.11. The molecule has 2 heterocycles. The van der Waals surface area contributed by atoms with Gasteiger partial charge < -0.3 is 10.3 Å². The Morgan fingerprint density at radius 3 is 2.53 bits per heavy atom. The number of sulfonamides is 1. The van der Waals surface area contributed by atoms with Crippen LogP contribution in [0, 0.1) is 0 Å². The van der Waals surface area contributed by atoms with Crippen LogP contribution in [0.2, 0.25) is 5.02 Å². The number of nitrogens with zero attached hydrogens (tertiary/aromatic N) is 2. The maximum absolute atomic E-state index is 13.3. The molecule has 0 bridgehead atoms. The van der Waals surface area contributed by atoms with E-state index in [9.17, 15) is 13.2 Å². The molecule has 1 amide bonds. The number of hydrogen-bond acceptors (Lipinski definition) is 4. The molecule has 1 aromatic heterocycles. The first-order valence-electron chi connectivity index (χ1n) is 11.0. The van der Waals surface area contributed by atoms with Gasteiger partial charge in [0.05, 0.1) is 33.1 Å². The molecular weight excluding hydrogens is 472 g/mol. The summed E-state index contributed by atoms with van der Waals surface area (Å²) in [5.74, 6) is 0.337. The van der Waals surface area contributed by atoms with E-state index in [1.165, 1.54) is 10.4 Å². The molecule has 34 heavy (non-hydrogen) atoms. The average molecular weight is 495 g/mol. The lowest BCUT2D eigenvalue weighted by Gasteiger charge is -2.28. The van der Waals surface area contributed by atoms with Gasteiger partial charge in [-0.25, -0.2) is 13.4 Å². The molecule has 9 heteroatoms. The first-order valence-corrected chi connectivity index (χ1v) is 13.0. The van der Waals surface area contributed by atoms with Crippen molar-refractivity contribution in [3.05, 3.63) is 94.8 Å². The SMILES string of the molecule is O=C(NC(c1ccccc1)c1nc2ccccc2[nH]1)c1ccc(N2CCCCS2(=O)=O)cc1Cl. The Labute approximate surface area is 202 Å². The van der Waals surface area contributed by atoms with Crippen LogP contribution in [-0.2, 0) is 10.0 Å². The fourth-order valence-corrected chi connectivity index (χ4v) is 6.09. The normalized spacial score (nSPS) is 16.3. The minimum absolute atomic E-state index is 0.114. The van der Waals surface area contributed by atoms with Crippen LogP contribution in [0.1, 0.15) is 40.6 Å². The van der Waals surface area contributed by atoms with Crippen molar-refractivity contribution < 1.29 is 13.2 Å². The number of nitrogens with one attached hydrogen (secondary N) is 2. The number of aromatic amines is 1. The van der Waals surface area contributed by atoms with Crippen molar-refractivity contribution >= 4 is 44.3 Å². The number of H-pyrrole nitrogens is 1. The zero-order valence-corrected chi connectivity index (χ0v) is 19.8. The summed E-state index contributed by atoms with van der Waals surface area (Å²) in [6.07, 6.45) is 1.44. The minimum atomic E-state index is -3.37. The summed E-state index contributed by atoms with van der Waals surface area (Å²) in [5.41, 5.74) is 3.27. The van der Waals surface area contributed by atoms with E-state index in [0.717, 1.165) is 23.0 Å². The van der Waals surface area contributed by atoms with Crippen molar-refractivity contribution in [1.29, 1.82) is 0 Å². The molecule has 1 fully saturated rings. The Hall–Kier alpha value is -3.36. The molecule has 0 aliphatic carbocycles. The number of fused-ring (bicyclic) bond motifs is 1. The van der Waals surface area contributed by atoms with Crippen LogP contribution < -0.4 is 9.62 Å². The number of carbonyl (C=O) groups excluding carboxylic acids is 1. The first kappa shape index (κ1) is 22.4. The molecule has 1 atom stereocenters. The highest BCUT2D eigenvalue weighted by Gasteiger charge is 2.27. The van der Waals surface area contributed by atoms with E-state index in [-0.39, 0.29) is 22.2 Å². The predicted octanol–water partition coefficient (Wildman–Crippen LogP) is 4.67. The van der Waals surface area contributed by atoms with Crippen molar-refractivity contribution in [3.63, 3.8) is 0 Å². The smallest absolute Gasteiger partial charge is 0.253 e. The predicted molar refractivity (Wildman–Crippen MR) is 134 cm³/mol. The topological polar surface area (TPSA) is 95.2 Å². The maximum Gasteiger partial charge on any atom is 0.253 e. The number of aromatic nitrogens is 2. The number of hydrogen-bond donors (Lipinski definition) is 2. The van der Waals surface area contributed by atoms with Crippen molar-refractivity contribution in [2.24, 2.45) is 0 Å². The summed E-state index contributed by atoms with van der Waals surface area (Å²) in [5, 5.41) is 3.22. The lowest BCUT2D eigenvalue weighted by Crippen LogP contribution is -2.38. The lowest BCUT2D eigenvalue weighted by molar-refractivity contribution is 0.0942. The molecule has 5 rings (SSSR count). The largest absolute Gasteiger partial charge is 0.340 e. The van der Waals surface area contributed by atoms with Gasteiger partial charge in [-0.15, -0.1) is 0 Å². The summed E-state index contributed by atoms with van der Waals surface area (Å²) >= 11 is 6.47. The molecule has 1 aliphatic heterocycles. The Balaban J connectivity index is 1.45. The average Bonchev–Trinajstić information content (AvgIpc) is 3.26. The number of rotatable bonds is 5. The van der Waals surface area contributed by atoms with Crippen molar-refractivity contribution in [1.82, 2.24) is 15.3 Å². The van der Waals surface area contributed by atoms with Gasteiger partial charge in [-0.1, -0.05) is 54.1 Å². The molecule has 1 unspecified atom stereocenters. The van der Waals surface area contributed by atoms with Crippen LogP contribution in [0.4, 0.5) is 5.69 Å². The quantitative estimate of drug-likeness (QED) is 0.421. The lowest BCUT2D eigenvalue weighted by atomic mass is 10.1. The minimum Gasteiger partial charge on any atom is -0.340 e. The van der Waals surface area contributed by atoms with E-state index in [2.05, 4.69) is 15.3 Å². The summed E-state index contributed by atoms with van der Waals surface area (Å²) in [7, 11) is -3.37. The monoisotopic (exact) mass is 494 g/mol. The first-order chi connectivity index (χ1) is 16.4. The maximum atomic E-state index is 13.3. The molecule has 7 nitrogen and oxygen atoms in total. The third kappa shape index (κ3) is 4.38. The van der Waals surface area contributed by atoms with E-state index in [1.807, 2.05) is 54.6 Å². The highest BCUT2D eigenvalue weighted by Crippen LogP contribution is 2.29. The molecule has 0 radical (unpaired) electrons. The summed E-state index contributed by atoms with van der Waals surface area (Å²) in [6.45, 7) is 0.409. The van der Waals surface area contributed by atoms with E-state index in [4.69, 9.17) is 11.6 Å². The van der Waals surface area contributed by atoms with Crippen molar-refractivity contribution in [2.75, 3.05) is 16.6 Å². The molecule has 1 aliphatic rings. The standard InChI is InChI=1S/C25H23ClN4O3S/c26-20-16-18(30-14-6-7-15-34(30,32)33)12-13-19(20)25(31)29-23(17-8-2-1-3-9-17)24-27-21-10-4-5-11-22(21)28-24/h1-5,8-13,16,23H,6-7,14-15H2,(H,27,28)(H,29,31). The third-order valence-electron chi connectivity index (χ3n) is 5.92. The highest BCUT2D eigenvalue weighted by atomic mass is 35.5. The number of halogens is 1. The second-order valence-electron chi connectivity index (χ2n) is 8.22. The number of imidazole rings is 1. The fourth-order valence-electron chi connectivity index (χ4n) is 4.20. The van der Waals surface area contributed by atoms with Gasteiger partial charge in [0.25, 0.3) is 5.91 Å². The van der Waals surface area contributed by atoms with Crippen LogP contribution in [-0.4, -0.2) is 36.6 Å². The zero-order valence-electron chi connectivity index (χ0n) is 18.2. The number of amides is 1. The van der Waals surface area contributed by atoms with Crippen LogP contribution in [0.25, 0.3) is 11.0 Å². The summed E-state index contributed by atoms with van der Waals surface area (Å²) in [4.78, 5) is 21.3. The van der Waals surface area contributed by atoms with E-state index < -0.39 is 16.1 Å². The number of para-hydroxylation sites is 2. The van der Waals surface area contributed by atoms with Gasteiger partial charge in [-0.05, 0) is 48.7 Å². The molecule has 0 spiro atoms. The van der Waals surface area contributed by atoms with Gasteiger partial charge in [0.1, 0.15) is 11.9 Å². The number of benzene rings is 3. The van der Waals surface area contributed by atoms with Gasteiger partial charge in [-0.2, -0.15) is 0 Å². The van der Waals surface area contributed by atoms with Gasteiger partial charge in [0, 0.05) is 6.54 Å². The van der Waals surface area contributed by atoms with Crippen molar-refractivity contribution in [2.45, 2.75) is 18.9 Å². The van der Waals surface area contributed by atoms with Crippen molar-refractivity contribution in [3.8, 4) is 0 Å². The van der Waals surface area contributed by atoms with Gasteiger partial charge in [0.15, 0.2) is 0 Å². The summed E-state index contributed by atoms with van der Waals surface area (Å²) in [6, 6.07) is 21.4. The Bertz CT molecular complexity index is 1420. The van der Waals surface area contributed by atoms with E-state index >= 15 is 0 Å². The molecule has 4 aromatic rings. The Kier molecular flexibility index (Phi) is 6.02. The second-order valence-corrected chi connectivity index (χ2v) is 10.6. The van der Waals surface area contributed by atoms with E-state index in [0.29, 0.717) is 24.5 Å². The molecule has 0 saturated carbocycles. The van der Waals surface area contributed by atoms with Crippen LogP contribution in [0.15, 0.2) is 72.8 Å².